The quantitative estimate of drug-likeness (QED) is 0.764. The Bertz CT molecular complexity index is 789. The molecule has 1 fully saturated rings. The molecule has 4 rings (SSSR count). The fourth-order valence-corrected chi connectivity index (χ4v) is 3.41. The van der Waals surface area contributed by atoms with Crippen LogP contribution < -0.4 is 5.32 Å². The molecule has 2 N–H and O–H groups in total. The SMILES string of the molecule is c1cnc2[nH]cc(-c3cc(NCC4CCCCC4)ncn3)c2c1. The molecule has 1 aliphatic carbocycles. The molecule has 5 heteroatoms. The highest BCUT2D eigenvalue weighted by atomic mass is 15.0. The Hall–Kier alpha value is -2.43. The van der Waals surface area contributed by atoms with Crippen molar-refractivity contribution in [2.75, 3.05) is 11.9 Å². The lowest BCUT2D eigenvalue weighted by Gasteiger charge is -2.21. The monoisotopic (exact) mass is 307 g/mol. The number of nitrogens with one attached hydrogen (secondary N) is 2. The standard InChI is InChI=1S/C18H21N5/c1-2-5-13(6-3-1)10-20-17-9-16(22-12-23-17)15-11-21-18-14(15)7-4-8-19-18/h4,7-9,11-13H,1-3,5-6,10H2,(H,19,21)(H,20,22,23). The summed E-state index contributed by atoms with van der Waals surface area (Å²) in [5.74, 6) is 1.68. The molecule has 3 aromatic rings. The maximum absolute atomic E-state index is 4.43. The van der Waals surface area contributed by atoms with E-state index < -0.39 is 0 Å². The Morgan fingerprint density at radius 2 is 2.04 bits per heavy atom. The molecule has 23 heavy (non-hydrogen) atoms. The van der Waals surface area contributed by atoms with Gasteiger partial charge >= 0.3 is 0 Å². The van der Waals surface area contributed by atoms with Crippen molar-refractivity contribution in [2.24, 2.45) is 5.92 Å². The minimum Gasteiger partial charge on any atom is -0.370 e. The lowest BCUT2D eigenvalue weighted by molar-refractivity contribution is 0.373. The topological polar surface area (TPSA) is 66.5 Å². The van der Waals surface area contributed by atoms with Gasteiger partial charge in [-0.05, 0) is 30.9 Å². The predicted molar refractivity (Wildman–Crippen MR) is 92.2 cm³/mol. The zero-order valence-corrected chi connectivity index (χ0v) is 13.1. The molecule has 0 amide bonds. The van der Waals surface area contributed by atoms with Crippen molar-refractivity contribution in [2.45, 2.75) is 32.1 Å². The van der Waals surface area contributed by atoms with Gasteiger partial charge in [0, 0.05) is 36.0 Å². The molecule has 3 aromatic heterocycles. The number of H-pyrrole nitrogens is 1. The molecule has 1 aliphatic rings. The van der Waals surface area contributed by atoms with E-state index in [1.54, 1.807) is 12.5 Å². The van der Waals surface area contributed by atoms with Crippen LogP contribution >= 0.6 is 0 Å². The predicted octanol–water partition coefficient (Wildman–Crippen LogP) is 4.01. The first kappa shape index (κ1) is 14.2. The second-order valence-electron chi connectivity index (χ2n) is 6.28. The van der Waals surface area contributed by atoms with Crippen LogP contribution in [0.2, 0.25) is 0 Å². The highest BCUT2D eigenvalue weighted by Crippen LogP contribution is 2.27. The number of nitrogens with zero attached hydrogens (tertiary/aromatic N) is 3. The van der Waals surface area contributed by atoms with E-state index in [4.69, 9.17) is 0 Å². The Morgan fingerprint density at radius 3 is 2.96 bits per heavy atom. The molecule has 0 bridgehead atoms. The van der Waals surface area contributed by atoms with E-state index in [0.717, 1.165) is 40.6 Å². The van der Waals surface area contributed by atoms with Gasteiger partial charge in [0.2, 0.25) is 0 Å². The van der Waals surface area contributed by atoms with Crippen molar-refractivity contribution in [1.29, 1.82) is 0 Å². The summed E-state index contributed by atoms with van der Waals surface area (Å²) in [5.41, 5.74) is 2.87. The molecule has 0 saturated heterocycles. The molecule has 0 atom stereocenters. The molecule has 0 spiro atoms. The van der Waals surface area contributed by atoms with E-state index in [2.05, 4.69) is 31.3 Å². The zero-order valence-electron chi connectivity index (χ0n) is 13.1. The lowest BCUT2D eigenvalue weighted by atomic mass is 9.89. The van der Waals surface area contributed by atoms with E-state index in [9.17, 15) is 0 Å². The van der Waals surface area contributed by atoms with E-state index in [0.29, 0.717) is 0 Å². The molecule has 5 nitrogen and oxygen atoms in total. The van der Waals surface area contributed by atoms with Crippen molar-refractivity contribution in [3.05, 3.63) is 36.9 Å². The van der Waals surface area contributed by atoms with E-state index in [1.165, 1.54) is 32.1 Å². The Labute approximate surface area is 135 Å². The van der Waals surface area contributed by atoms with Crippen LogP contribution in [0.25, 0.3) is 22.3 Å². The Kier molecular flexibility index (Phi) is 3.92. The summed E-state index contributed by atoms with van der Waals surface area (Å²) in [7, 11) is 0. The largest absolute Gasteiger partial charge is 0.370 e. The van der Waals surface area contributed by atoms with Crippen LogP contribution in [-0.2, 0) is 0 Å². The summed E-state index contributed by atoms with van der Waals surface area (Å²) >= 11 is 0. The number of rotatable bonds is 4. The van der Waals surface area contributed by atoms with Gasteiger partial charge in [0.05, 0.1) is 5.69 Å². The molecule has 0 aliphatic heterocycles. The first-order valence-corrected chi connectivity index (χ1v) is 8.38. The minimum atomic E-state index is 0.777. The number of anilines is 1. The van der Waals surface area contributed by atoms with Gasteiger partial charge < -0.3 is 10.3 Å². The molecule has 1 saturated carbocycles. The van der Waals surface area contributed by atoms with Crippen LogP contribution in [0.3, 0.4) is 0 Å². The highest BCUT2D eigenvalue weighted by molar-refractivity contribution is 5.92. The summed E-state index contributed by atoms with van der Waals surface area (Å²) in [6, 6.07) is 6.03. The Morgan fingerprint density at radius 1 is 1.13 bits per heavy atom. The molecule has 0 aromatic carbocycles. The third kappa shape index (κ3) is 3.04. The van der Waals surface area contributed by atoms with Gasteiger partial charge in [0.25, 0.3) is 0 Å². The van der Waals surface area contributed by atoms with Gasteiger partial charge in [-0.2, -0.15) is 0 Å². The fourth-order valence-electron chi connectivity index (χ4n) is 3.41. The number of hydrogen-bond donors (Lipinski definition) is 2. The van der Waals surface area contributed by atoms with Gasteiger partial charge in [-0.25, -0.2) is 15.0 Å². The third-order valence-electron chi connectivity index (χ3n) is 4.69. The van der Waals surface area contributed by atoms with E-state index >= 15 is 0 Å². The fraction of sp³-hybridized carbons (Fsp3) is 0.389. The average molecular weight is 307 g/mol. The van der Waals surface area contributed by atoms with E-state index in [-0.39, 0.29) is 0 Å². The maximum Gasteiger partial charge on any atom is 0.137 e. The van der Waals surface area contributed by atoms with Crippen LogP contribution in [0.5, 0.6) is 0 Å². The van der Waals surface area contributed by atoms with Crippen LogP contribution in [0, 0.1) is 5.92 Å². The second-order valence-corrected chi connectivity index (χ2v) is 6.28. The zero-order chi connectivity index (χ0) is 15.5. The minimum absolute atomic E-state index is 0.777. The third-order valence-corrected chi connectivity index (χ3v) is 4.69. The van der Waals surface area contributed by atoms with Crippen LogP contribution in [0.1, 0.15) is 32.1 Å². The van der Waals surface area contributed by atoms with Crippen molar-refractivity contribution in [1.82, 2.24) is 19.9 Å². The van der Waals surface area contributed by atoms with Gasteiger partial charge in [0.15, 0.2) is 0 Å². The smallest absolute Gasteiger partial charge is 0.137 e. The number of hydrogen-bond acceptors (Lipinski definition) is 4. The normalized spacial score (nSPS) is 15.8. The summed E-state index contributed by atoms with van der Waals surface area (Å²) < 4.78 is 0. The second kappa shape index (κ2) is 6.36. The first-order chi connectivity index (χ1) is 11.4. The van der Waals surface area contributed by atoms with Gasteiger partial charge in [-0.15, -0.1) is 0 Å². The van der Waals surface area contributed by atoms with Gasteiger partial charge in [-0.1, -0.05) is 19.3 Å². The van der Waals surface area contributed by atoms with Crippen molar-refractivity contribution in [3.63, 3.8) is 0 Å². The van der Waals surface area contributed by atoms with Crippen molar-refractivity contribution in [3.8, 4) is 11.3 Å². The molecule has 118 valence electrons. The summed E-state index contributed by atoms with van der Waals surface area (Å²) in [6.45, 7) is 1.01. The molecular weight excluding hydrogens is 286 g/mol. The van der Waals surface area contributed by atoms with Crippen LogP contribution in [-0.4, -0.2) is 26.5 Å². The summed E-state index contributed by atoms with van der Waals surface area (Å²) in [4.78, 5) is 16.3. The van der Waals surface area contributed by atoms with Crippen molar-refractivity contribution >= 4 is 16.9 Å². The number of aromatic nitrogens is 4. The maximum atomic E-state index is 4.43. The lowest BCUT2D eigenvalue weighted by Crippen LogP contribution is -2.17. The Balaban J connectivity index is 1.54. The molecule has 0 radical (unpaired) electrons. The summed E-state index contributed by atoms with van der Waals surface area (Å²) in [6.07, 6.45) is 12.2. The van der Waals surface area contributed by atoms with Crippen LogP contribution in [0.15, 0.2) is 36.9 Å². The number of aromatic amines is 1. The van der Waals surface area contributed by atoms with Gasteiger partial charge in [0.1, 0.15) is 17.8 Å². The first-order valence-electron chi connectivity index (χ1n) is 8.38. The van der Waals surface area contributed by atoms with Crippen molar-refractivity contribution < 1.29 is 0 Å². The molecule has 0 unspecified atom stereocenters. The average Bonchev–Trinajstić information content (AvgIpc) is 3.05. The number of fused-ring (bicyclic) bond motifs is 1. The highest BCUT2D eigenvalue weighted by Gasteiger charge is 2.14. The molecular formula is C18H21N5. The molecule has 3 heterocycles. The summed E-state index contributed by atoms with van der Waals surface area (Å²) in [5, 5.41) is 4.58. The van der Waals surface area contributed by atoms with Crippen LogP contribution in [0.4, 0.5) is 5.82 Å². The van der Waals surface area contributed by atoms with Gasteiger partial charge in [-0.3, -0.25) is 0 Å². The number of pyridine rings is 1. The van der Waals surface area contributed by atoms with E-state index in [1.807, 2.05) is 18.3 Å².